The van der Waals surface area contributed by atoms with Crippen LogP contribution in [0.4, 0.5) is 0 Å². The van der Waals surface area contributed by atoms with Gasteiger partial charge in [-0.3, -0.25) is 9.48 Å². The van der Waals surface area contributed by atoms with E-state index < -0.39 is 6.04 Å². The molecule has 2 N–H and O–H groups in total. The lowest BCUT2D eigenvalue weighted by molar-refractivity contribution is -0.133. The first-order valence-electron chi connectivity index (χ1n) is 6.56. The Hall–Kier alpha value is -2.14. The van der Waals surface area contributed by atoms with Crippen molar-refractivity contribution in [3.8, 4) is 0 Å². The van der Waals surface area contributed by atoms with E-state index >= 15 is 0 Å². The van der Waals surface area contributed by atoms with Crippen LogP contribution in [-0.4, -0.2) is 27.6 Å². The molecule has 106 valence electrons. The van der Waals surface area contributed by atoms with Crippen LogP contribution in [0.2, 0.25) is 0 Å². The highest BCUT2D eigenvalue weighted by Gasteiger charge is 2.24. The summed E-state index contributed by atoms with van der Waals surface area (Å²) in [6.45, 7) is 1.99. The lowest BCUT2D eigenvalue weighted by Gasteiger charge is -2.27. The molecule has 0 bridgehead atoms. The predicted molar refractivity (Wildman–Crippen MR) is 77.8 cm³/mol. The predicted octanol–water partition coefficient (Wildman–Crippen LogP) is 1.64. The van der Waals surface area contributed by atoms with Gasteiger partial charge in [-0.15, -0.1) is 0 Å². The summed E-state index contributed by atoms with van der Waals surface area (Å²) in [4.78, 5) is 14.1. The van der Waals surface area contributed by atoms with E-state index in [1.165, 1.54) is 0 Å². The Balaban J connectivity index is 2.12. The molecule has 2 atom stereocenters. The summed E-state index contributed by atoms with van der Waals surface area (Å²) in [7, 11) is 3.58. The van der Waals surface area contributed by atoms with E-state index in [4.69, 9.17) is 5.73 Å². The molecule has 0 spiro atoms. The molecule has 2 aromatic rings. The number of carbonyl (C=O) groups is 1. The van der Waals surface area contributed by atoms with Gasteiger partial charge in [-0.25, -0.2) is 0 Å². The Labute approximate surface area is 119 Å². The number of nitrogens with two attached hydrogens (primary N) is 1. The molecule has 2 rings (SSSR count). The lowest BCUT2D eigenvalue weighted by Crippen LogP contribution is -2.37. The van der Waals surface area contributed by atoms with Crippen molar-refractivity contribution in [3.63, 3.8) is 0 Å². The molecule has 0 aliphatic carbocycles. The van der Waals surface area contributed by atoms with E-state index in [1.54, 1.807) is 36.1 Å². The molecule has 0 saturated carbocycles. The number of hydrogen-bond acceptors (Lipinski definition) is 3. The Morgan fingerprint density at radius 1 is 1.30 bits per heavy atom. The van der Waals surface area contributed by atoms with E-state index in [0.29, 0.717) is 0 Å². The molecule has 2 unspecified atom stereocenters. The van der Waals surface area contributed by atoms with Crippen molar-refractivity contribution in [1.29, 1.82) is 0 Å². The van der Waals surface area contributed by atoms with Crippen molar-refractivity contribution >= 4 is 5.91 Å². The van der Waals surface area contributed by atoms with Crippen LogP contribution in [0.15, 0.2) is 42.7 Å². The topological polar surface area (TPSA) is 64.2 Å². The number of aryl methyl sites for hydroxylation is 1. The van der Waals surface area contributed by atoms with Crippen LogP contribution in [0, 0.1) is 0 Å². The number of carbonyl (C=O) groups excluding carboxylic acids is 1. The van der Waals surface area contributed by atoms with Crippen LogP contribution in [0.5, 0.6) is 0 Å². The Morgan fingerprint density at radius 2 is 1.95 bits per heavy atom. The van der Waals surface area contributed by atoms with Crippen molar-refractivity contribution in [3.05, 3.63) is 53.9 Å². The van der Waals surface area contributed by atoms with E-state index in [0.717, 1.165) is 11.1 Å². The zero-order chi connectivity index (χ0) is 14.7. The smallest absolute Gasteiger partial charge is 0.244 e. The molecule has 5 nitrogen and oxygen atoms in total. The molecule has 1 heterocycles. The summed E-state index contributed by atoms with van der Waals surface area (Å²) < 4.78 is 1.64. The summed E-state index contributed by atoms with van der Waals surface area (Å²) in [6, 6.07) is 9.19. The van der Waals surface area contributed by atoms with Crippen LogP contribution >= 0.6 is 0 Å². The van der Waals surface area contributed by atoms with Crippen LogP contribution in [0.1, 0.15) is 30.1 Å². The van der Waals surface area contributed by atoms with Crippen LogP contribution in [0.25, 0.3) is 0 Å². The number of likely N-dealkylation sites (N-methyl/N-ethyl adjacent to an activating group) is 1. The van der Waals surface area contributed by atoms with Crippen molar-refractivity contribution in [2.75, 3.05) is 7.05 Å². The van der Waals surface area contributed by atoms with Gasteiger partial charge in [0.15, 0.2) is 0 Å². The molecule has 20 heavy (non-hydrogen) atoms. The second-order valence-corrected chi connectivity index (χ2v) is 4.96. The molecule has 0 aliphatic rings. The normalized spacial score (nSPS) is 13.8. The molecule has 1 aromatic carbocycles. The second-order valence-electron chi connectivity index (χ2n) is 4.96. The fourth-order valence-electron chi connectivity index (χ4n) is 2.11. The van der Waals surface area contributed by atoms with Crippen LogP contribution in [0.3, 0.4) is 0 Å². The highest BCUT2D eigenvalue weighted by Crippen LogP contribution is 2.21. The minimum atomic E-state index is -0.681. The molecule has 0 radical (unpaired) electrons. The van der Waals surface area contributed by atoms with Gasteiger partial charge in [-0.05, 0) is 12.5 Å². The molecule has 5 heteroatoms. The van der Waals surface area contributed by atoms with Crippen molar-refractivity contribution in [2.24, 2.45) is 12.8 Å². The number of aromatic nitrogens is 2. The molecular weight excluding hydrogens is 252 g/mol. The number of benzene rings is 1. The van der Waals surface area contributed by atoms with Crippen LogP contribution in [-0.2, 0) is 11.8 Å². The average Bonchev–Trinajstić information content (AvgIpc) is 2.91. The van der Waals surface area contributed by atoms with Gasteiger partial charge in [0.2, 0.25) is 5.91 Å². The van der Waals surface area contributed by atoms with Crippen LogP contribution < -0.4 is 5.73 Å². The lowest BCUT2D eigenvalue weighted by atomic mass is 10.1. The molecule has 1 aromatic heterocycles. The number of amides is 1. The first-order chi connectivity index (χ1) is 9.50. The first-order valence-corrected chi connectivity index (χ1v) is 6.56. The van der Waals surface area contributed by atoms with Gasteiger partial charge < -0.3 is 10.6 Å². The summed E-state index contributed by atoms with van der Waals surface area (Å²) in [5.74, 6) is -0.116. The fourth-order valence-corrected chi connectivity index (χ4v) is 2.11. The van der Waals surface area contributed by atoms with Crippen molar-refractivity contribution in [1.82, 2.24) is 14.7 Å². The fraction of sp³-hybridized carbons (Fsp3) is 0.333. The molecule has 0 aliphatic heterocycles. The summed E-state index contributed by atoms with van der Waals surface area (Å²) in [6.07, 6.45) is 3.40. The van der Waals surface area contributed by atoms with Crippen molar-refractivity contribution in [2.45, 2.75) is 19.0 Å². The highest BCUT2D eigenvalue weighted by atomic mass is 16.2. The minimum absolute atomic E-state index is 0.0218. The zero-order valence-electron chi connectivity index (χ0n) is 12.0. The van der Waals surface area contributed by atoms with Gasteiger partial charge in [-0.2, -0.15) is 5.10 Å². The maximum Gasteiger partial charge on any atom is 0.244 e. The standard InChI is InChI=1S/C15H20N4O/c1-11(12-7-5-4-6-8-12)19(3)15(20)14(16)13-9-17-18(2)10-13/h4-11,14H,16H2,1-3H3. The van der Waals surface area contributed by atoms with Gasteiger partial charge in [0.25, 0.3) is 0 Å². The Morgan fingerprint density at radius 3 is 2.50 bits per heavy atom. The summed E-state index contributed by atoms with van der Waals surface area (Å²) in [5, 5.41) is 4.05. The van der Waals surface area contributed by atoms with E-state index in [-0.39, 0.29) is 11.9 Å². The molecule has 0 fully saturated rings. The second kappa shape index (κ2) is 5.88. The van der Waals surface area contributed by atoms with Gasteiger partial charge in [0, 0.05) is 25.9 Å². The maximum atomic E-state index is 12.4. The van der Waals surface area contributed by atoms with E-state index in [1.807, 2.05) is 37.3 Å². The third kappa shape index (κ3) is 2.88. The zero-order valence-corrected chi connectivity index (χ0v) is 12.0. The number of rotatable bonds is 4. The van der Waals surface area contributed by atoms with Gasteiger partial charge in [0.1, 0.15) is 6.04 Å². The molecule has 1 amide bonds. The average molecular weight is 272 g/mol. The summed E-state index contributed by atoms with van der Waals surface area (Å²) in [5.41, 5.74) is 7.84. The number of hydrogen-bond donors (Lipinski definition) is 1. The quantitative estimate of drug-likeness (QED) is 0.920. The maximum absolute atomic E-state index is 12.4. The van der Waals surface area contributed by atoms with Crippen molar-refractivity contribution < 1.29 is 4.79 Å². The monoisotopic (exact) mass is 272 g/mol. The largest absolute Gasteiger partial charge is 0.337 e. The van der Waals surface area contributed by atoms with E-state index in [2.05, 4.69) is 5.10 Å². The number of nitrogens with zero attached hydrogens (tertiary/aromatic N) is 3. The Kier molecular flexibility index (Phi) is 4.20. The highest BCUT2D eigenvalue weighted by molar-refractivity contribution is 5.83. The molecule has 0 saturated heterocycles. The molecular formula is C15H20N4O. The first kappa shape index (κ1) is 14.3. The summed E-state index contributed by atoms with van der Waals surface area (Å²) >= 11 is 0. The minimum Gasteiger partial charge on any atom is -0.337 e. The van der Waals surface area contributed by atoms with E-state index in [9.17, 15) is 4.79 Å². The SMILES string of the molecule is CC(c1ccccc1)N(C)C(=O)C(N)c1cnn(C)c1. The van der Waals surface area contributed by atoms with Gasteiger partial charge in [0.05, 0.1) is 12.2 Å². The van der Waals surface area contributed by atoms with Gasteiger partial charge >= 0.3 is 0 Å². The third-order valence-electron chi connectivity index (χ3n) is 3.56. The van der Waals surface area contributed by atoms with Gasteiger partial charge in [-0.1, -0.05) is 30.3 Å². The third-order valence-corrected chi connectivity index (χ3v) is 3.56. The Bertz CT molecular complexity index is 579.